The van der Waals surface area contributed by atoms with Crippen LogP contribution in [-0.2, 0) is 19.3 Å². The Morgan fingerprint density at radius 3 is 2.74 bits per heavy atom. The van der Waals surface area contributed by atoms with E-state index in [1.165, 1.54) is 5.56 Å². The molecule has 0 aliphatic heterocycles. The Bertz CT molecular complexity index is 481. The molecule has 0 spiro atoms. The van der Waals surface area contributed by atoms with Crippen LogP contribution in [0.15, 0.2) is 42.7 Å². The second-order valence-corrected chi connectivity index (χ2v) is 5.84. The van der Waals surface area contributed by atoms with E-state index < -0.39 is 0 Å². The van der Waals surface area contributed by atoms with Crippen molar-refractivity contribution in [2.24, 2.45) is 7.05 Å². The molecule has 0 N–H and O–H groups in total. The third kappa shape index (κ3) is 4.73. The third-order valence-electron chi connectivity index (χ3n) is 3.06. The van der Waals surface area contributed by atoms with Gasteiger partial charge in [-0.05, 0) is 12.6 Å². The highest BCUT2D eigenvalue weighted by atomic mass is 32.2. The molecule has 4 heteroatoms. The van der Waals surface area contributed by atoms with Gasteiger partial charge in [0.2, 0.25) is 0 Å². The van der Waals surface area contributed by atoms with Crippen molar-refractivity contribution in [1.29, 1.82) is 0 Å². The quantitative estimate of drug-likeness (QED) is 0.725. The van der Waals surface area contributed by atoms with E-state index in [1.807, 2.05) is 31.2 Å². The molecule has 3 nitrogen and oxygen atoms in total. The number of benzene rings is 1. The van der Waals surface area contributed by atoms with E-state index in [4.69, 9.17) is 0 Å². The van der Waals surface area contributed by atoms with Crippen molar-refractivity contribution in [2.75, 3.05) is 19.3 Å². The SMILES string of the molecule is CN(CCSCc1nccn1C)Cc1ccccc1. The van der Waals surface area contributed by atoms with Crippen molar-refractivity contribution in [2.45, 2.75) is 12.3 Å². The molecule has 19 heavy (non-hydrogen) atoms. The summed E-state index contributed by atoms with van der Waals surface area (Å²) in [6.45, 7) is 2.12. The van der Waals surface area contributed by atoms with Gasteiger partial charge in [0.25, 0.3) is 0 Å². The van der Waals surface area contributed by atoms with Gasteiger partial charge in [0.1, 0.15) is 5.82 Å². The zero-order valence-electron chi connectivity index (χ0n) is 11.6. The Morgan fingerprint density at radius 1 is 1.26 bits per heavy atom. The maximum atomic E-state index is 4.33. The fourth-order valence-electron chi connectivity index (χ4n) is 1.89. The van der Waals surface area contributed by atoms with Crippen LogP contribution >= 0.6 is 11.8 Å². The molecule has 102 valence electrons. The van der Waals surface area contributed by atoms with E-state index in [2.05, 4.69) is 51.8 Å². The molecular formula is C15H21N3S. The van der Waals surface area contributed by atoms with Gasteiger partial charge in [-0.2, -0.15) is 11.8 Å². The predicted octanol–water partition coefficient (Wildman–Crippen LogP) is 2.79. The lowest BCUT2D eigenvalue weighted by Crippen LogP contribution is -2.20. The Kier molecular flexibility index (Phi) is 5.48. The first-order valence-electron chi connectivity index (χ1n) is 6.52. The minimum atomic E-state index is 0.989. The van der Waals surface area contributed by atoms with Crippen LogP contribution < -0.4 is 0 Å². The monoisotopic (exact) mass is 275 g/mol. The number of thioether (sulfide) groups is 1. The summed E-state index contributed by atoms with van der Waals surface area (Å²) >= 11 is 1.94. The summed E-state index contributed by atoms with van der Waals surface area (Å²) in [5.74, 6) is 3.27. The maximum absolute atomic E-state index is 4.33. The van der Waals surface area contributed by atoms with Crippen molar-refractivity contribution in [3.63, 3.8) is 0 Å². The van der Waals surface area contributed by atoms with E-state index in [1.54, 1.807) is 0 Å². The average molecular weight is 275 g/mol. The standard InChI is InChI=1S/C15H21N3S/c1-17(12-14-6-4-3-5-7-14)10-11-19-13-15-16-8-9-18(15)2/h3-9H,10-13H2,1-2H3. The lowest BCUT2D eigenvalue weighted by Gasteiger charge is -2.16. The molecule has 0 atom stereocenters. The van der Waals surface area contributed by atoms with Gasteiger partial charge in [0.15, 0.2) is 0 Å². The van der Waals surface area contributed by atoms with Crippen LogP contribution in [0.4, 0.5) is 0 Å². The molecule has 0 unspecified atom stereocenters. The number of rotatable bonds is 7. The van der Waals surface area contributed by atoms with E-state index in [-0.39, 0.29) is 0 Å². The molecule has 0 amide bonds. The molecule has 0 aliphatic carbocycles. The van der Waals surface area contributed by atoms with E-state index in [0.29, 0.717) is 0 Å². The lowest BCUT2D eigenvalue weighted by molar-refractivity contribution is 0.348. The summed E-state index contributed by atoms with van der Waals surface area (Å²) in [4.78, 5) is 6.69. The fraction of sp³-hybridized carbons (Fsp3) is 0.400. The fourth-order valence-corrected chi connectivity index (χ4v) is 2.94. The topological polar surface area (TPSA) is 21.1 Å². The Balaban J connectivity index is 1.64. The third-order valence-corrected chi connectivity index (χ3v) is 4.00. The van der Waals surface area contributed by atoms with Gasteiger partial charge >= 0.3 is 0 Å². The van der Waals surface area contributed by atoms with Crippen LogP contribution in [0.5, 0.6) is 0 Å². The summed E-state index contributed by atoms with van der Waals surface area (Å²) in [5, 5.41) is 0. The van der Waals surface area contributed by atoms with Crippen LogP contribution in [0.25, 0.3) is 0 Å². The molecule has 1 aromatic carbocycles. The molecule has 0 saturated carbocycles. The predicted molar refractivity (Wildman–Crippen MR) is 82.1 cm³/mol. The summed E-state index contributed by atoms with van der Waals surface area (Å²) in [6.07, 6.45) is 3.86. The summed E-state index contributed by atoms with van der Waals surface area (Å²) in [5.41, 5.74) is 1.37. The molecule has 0 saturated heterocycles. The zero-order chi connectivity index (χ0) is 13.5. The zero-order valence-corrected chi connectivity index (χ0v) is 12.4. The van der Waals surface area contributed by atoms with Gasteiger partial charge in [-0.25, -0.2) is 4.98 Å². The molecule has 2 rings (SSSR count). The number of hydrogen-bond donors (Lipinski definition) is 0. The number of aryl methyl sites for hydroxylation is 1. The Labute approximate surface area is 119 Å². The van der Waals surface area contributed by atoms with Gasteiger partial charge in [-0.15, -0.1) is 0 Å². The first-order valence-corrected chi connectivity index (χ1v) is 7.67. The van der Waals surface area contributed by atoms with Crippen molar-refractivity contribution in [3.05, 3.63) is 54.1 Å². The second-order valence-electron chi connectivity index (χ2n) is 4.73. The van der Waals surface area contributed by atoms with Crippen LogP contribution in [0, 0.1) is 0 Å². The Hall–Kier alpha value is -1.26. The maximum Gasteiger partial charge on any atom is 0.118 e. The second kappa shape index (κ2) is 7.36. The molecule has 0 fully saturated rings. The van der Waals surface area contributed by atoms with Crippen molar-refractivity contribution < 1.29 is 0 Å². The smallest absolute Gasteiger partial charge is 0.118 e. The van der Waals surface area contributed by atoms with Crippen molar-refractivity contribution >= 4 is 11.8 Å². The lowest BCUT2D eigenvalue weighted by atomic mass is 10.2. The minimum Gasteiger partial charge on any atom is -0.337 e. The highest BCUT2D eigenvalue weighted by Gasteiger charge is 2.02. The van der Waals surface area contributed by atoms with Gasteiger partial charge in [0, 0.05) is 38.3 Å². The summed E-state index contributed by atoms with van der Waals surface area (Å²) in [7, 11) is 4.22. The average Bonchev–Trinajstić information content (AvgIpc) is 2.81. The number of hydrogen-bond acceptors (Lipinski definition) is 3. The number of nitrogens with zero attached hydrogens (tertiary/aromatic N) is 3. The van der Waals surface area contributed by atoms with E-state index in [0.717, 1.165) is 30.4 Å². The highest BCUT2D eigenvalue weighted by Crippen LogP contribution is 2.10. The minimum absolute atomic E-state index is 0.989. The summed E-state index contributed by atoms with van der Waals surface area (Å²) < 4.78 is 2.08. The molecule has 1 aromatic heterocycles. The number of aromatic nitrogens is 2. The van der Waals surface area contributed by atoms with Crippen LogP contribution in [0.1, 0.15) is 11.4 Å². The van der Waals surface area contributed by atoms with Crippen LogP contribution in [0.2, 0.25) is 0 Å². The molecular weight excluding hydrogens is 254 g/mol. The van der Waals surface area contributed by atoms with Gasteiger partial charge in [-0.3, -0.25) is 0 Å². The van der Waals surface area contributed by atoms with Gasteiger partial charge in [-0.1, -0.05) is 30.3 Å². The summed E-state index contributed by atoms with van der Waals surface area (Å²) in [6, 6.07) is 10.6. The van der Waals surface area contributed by atoms with Crippen molar-refractivity contribution in [1.82, 2.24) is 14.5 Å². The van der Waals surface area contributed by atoms with E-state index in [9.17, 15) is 0 Å². The van der Waals surface area contributed by atoms with Gasteiger partial charge < -0.3 is 9.47 Å². The highest BCUT2D eigenvalue weighted by molar-refractivity contribution is 7.98. The first-order chi connectivity index (χ1) is 9.25. The van der Waals surface area contributed by atoms with Gasteiger partial charge in [0.05, 0.1) is 5.75 Å². The van der Waals surface area contributed by atoms with Crippen LogP contribution in [-0.4, -0.2) is 33.8 Å². The molecule has 1 heterocycles. The molecule has 0 radical (unpaired) electrons. The molecule has 0 aliphatic rings. The number of imidazole rings is 1. The van der Waals surface area contributed by atoms with Crippen molar-refractivity contribution in [3.8, 4) is 0 Å². The Morgan fingerprint density at radius 2 is 2.05 bits per heavy atom. The largest absolute Gasteiger partial charge is 0.337 e. The first kappa shape index (κ1) is 14.2. The van der Waals surface area contributed by atoms with Crippen LogP contribution in [0.3, 0.4) is 0 Å². The van der Waals surface area contributed by atoms with E-state index >= 15 is 0 Å². The molecule has 2 aromatic rings. The molecule has 0 bridgehead atoms. The normalized spacial score (nSPS) is 11.1.